The third-order valence-corrected chi connectivity index (χ3v) is 1.48. The molecule has 0 N–H and O–H groups in total. The largest absolute Gasteiger partial charge is 0.272 e. The highest BCUT2D eigenvalue weighted by molar-refractivity contribution is 9.10. The van der Waals surface area contributed by atoms with Crippen LogP contribution in [0.4, 0.5) is 0 Å². The van der Waals surface area contributed by atoms with Gasteiger partial charge >= 0.3 is 0 Å². The molecule has 2 nitrogen and oxygen atoms in total. The second-order valence-electron chi connectivity index (χ2n) is 1.90. The topological polar surface area (TPSA) is 17.8 Å². The highest BCUT2D eigenvalue weighted by atomic mass is 79.9. The molecule has 3 heteroatoms. The number of rotatable bonds is 2. The second kappa shape index (κ2) is 3.01. The van der Waals surface area contributed by atoms with Crippen LogP contribution in [0.3, 0.4) is 0 Å². The molecule has 0 fully saturated rings. The Morgan fingerprint density at radius 2 is 2.56 bits per heavy atom. The molecule has 1 aromatic rings. The van der Waals surface area contributed by atoms with E-state index in [4.69, 9.17) is 0 Å². The van der Waals surface area contributed by atoms with E-state index in [2.05, 4.69) is 28.0 Å². The van der Waals surface area contributed by atoms with Crippen LogP contribution in [-0.4, -0.2) is 9.78 Å². The quantitative estimate of drug-likeness (QED) is 0.696. The molecule has 0 saturated heterocycles. The van der Waals surface area contributed by atoms with Crippen LogP contribution in [0.1, 0.15) is 13.3 Å². The smallest absolute Gasteiger partial charge is 0.128 e. The maximum Gasteiger partial charge on any atom is 0.128 e. The standard InChI is InChI=1S/C6H9BrN2/c1-2-4-9-5-3-6(7)8-9/h3,5H,2,4H2,1H3. The van der Waals surface area contributed by atoms with Gasteiger partial charge in [-0.25, -0.2) is 0 Å². The van der Waals surface area contributed by atoms with Crippen LogP contribution in [0.2, 0.25) is 0 Å². The Bertz CT molecular complexity index is 183. The number of aromatic nitrogens is 2. The highest BCUT2D eigenvalue weighted by Crippen LogP contribution is 2.03. The van der Waals surface area contributed by atoms with Crippen LogP contribution in [0.15, 0.2) is 16.9 Å². The summed E-state index contributed by atoms with van der Waals surface area (Å²) >= 11 is 3.27. The summed E-state index contributed by atoms with van der Waals surface area (Å²) in [7, 11) is 0. The van der Waals surface area contributed by atoms with Gasteiger partial charge in [-0.05, 0) is 28.4 Å². The first-order valence-electron chi connectivity index (χ1n) is 3.02. The van der Waals surface area contributed by atoms with Crippen molar-refractivity contribution in [1.82, 2.24) is 9.78 Å². The Hall–Kier alpha value is -0.310. The van der Waals surface area contributed by atoms with E-state index in [0.29, 0.717) is 0 Å². The number of halogens is 1. The van der Waals surface area contributed by atoms with Crippen LogP contribution in [0, 0.1) is 0 Å². The van der Waals surface area contributed by atoms with Crippen molar-refractivity contribution < 1.29 is 0 Å². The molecular weight excluding hydrogens is 180 g/mol. The lowest BCUT2D eigenvalue weighted by molar-refractivity contribution is 0.599. The Balaban J connectivity index is 2.61. The number of nitrogens with zero attached hydrogens (tertiary/aromatic N) is 2. The van der Waals surface area contributed by atoms with E-state index in [1.54, 1.807) is 0 Å². The summed E-state index contributed by atoms with van der Waals surface area (Å²) in [5, 5.41) is 4.13. The molecule has 0 atom stereocenters. The first-order valence-corrected chi connectivity index (χ1v) is 3.81. The molecule has 0 amide bonds. The minimum absolute atomic E-state index is 0.913. The summed E-state index contributed by atoms with van der Waals surface area (Å²) < 4.78 is 2.83. The van der Waals surface area contributed by atoms with Gasteiger partial charge in [0.15, 0.2) is 0 Å². The monoisotopic (exact) mass is 188 g/mol. The molecule has 0 unspecified atom stereocenters. The zero-order chi connectivity index (χ0) is 6.69. The third-order valence-electron chi connectivity index (χ3n) is 1.06. The van der Waals surface area contributed by atoms with Gasteiger partial charge in [-0.1, -0.05) is 6.92 Å². The molecule has 1 rings (SSSR count). The van der Waals surface area contributed by atoms with E-state index in [9.17, 15) is 0 Å². The van der Waals surface area contributed by atoms with E-state index in [1.807, 2.05) is 16.9 Å². The molecule has 0 spiro atoms. The second-order valence-corrected chi connectivity index (χ2v) is 2.71. The summed E-state index contributed by atoms with van der Waals surface area (Å²) in [6, 6.07) is 1.94. The normalized spacial score (nSPS) is 10.0. The molecule has 0 aliphatic heterocycles. The highest BCUT2D eigenvalue weighted by Gasteiger charge is 1.90. The number of aryl methyl sites for hydroxylation is 1. The lowest BCUT2D eigenvalue weighted by Crippen LogP contribution is -1.95. The molecule has 0 saturated carbocycles. The van der Waals surface area contributed by atoms with Crippen molar-refractivity contribution in [2.75, 3.05) is 0 Å². The molecule has 0 aliphatic carbocycles. The maximum absolute atomic E-state index is 4.13. The van der Waals surface area contributed by atoms with E-state index in [-0.39, 0.29) is 0 Å². The predicted octanol–water partition coefficient (Wildman–Crippen LogP) is 2.06. The van der Waals surface area contributed by atoms with Crippen molar-refractivity contribution in [1.29, 1.82) is 0 Å². The average molecular weight is 189 g/mol. The summed E-state index contributed by atoms with van der Waals surface area (Å²) in [4.78, 5) is 0. The van der Waals surface area contributed by atoms with Crippen LogP contribution < -0.4 is 0 Å². The van der Waals surface area contributed by atoms with Crippen molar-refractivity contribution >= 4 is 15.9 Å². The fourth-order valence-electron chi connectivity index (χ4n) is 0.691. The van der Waals surface area contributed by atoms with Gasteiger partial charge in [0.2, 0.25) is 0 Å². The van der Waals surface area contributed by atoms with Crippen LogP contribution in [-0.2, 0) is 6.54 Å². The van der Waals surface area contributed by atoms with Crippen molar-refractivity contribution in [2.45, 2.75) is 19.9 Å². The first kappa shape index (κ1) is 6.81. The Kier molecular flexibility index (Phi) is 2.28. The molecule has 50 valence electrons. The molecule has 1 heterocycles. The number of hydrogen-bond donors (Lipinski definition) is 0. The Labute approximate surface area is 63.0 Å². The van der Waals surface area contributed by atoms with Gasteiger partial charge in [0.1, 0.15) is 4.60 Å². The Morgan fingerprint density at radius 3 is 3.00 bits per heavy atom. The lowest BCUT2D eigenvalue weighted by atomic mass is 10.5. The van der Waals surface area contributed by atoms with E-state index in [1.165, 1.54) is 0 Å². The van der Waals surface area contributed by atoms with Crippen LogP contribution >= 0.6 is 15.9 Å². The average Bonchev–Trinajstić information content (AvgIpc) is 2.17. The van der Waals surface area contributed by atoms with Gasteiger partial charge in [-0.2, -0.15) is 5.10 Å². The van der Waals surface area contributed by atoms with Gasteiger partial charge in [-0.15, -0.1) is 0 Å². The maximum atomic E-state index is 4.13. The number of hydrogen-bond acceptors (Lipinski definition) is 1. The van der Waals surface area contributed by atoms with Gasteiger partial charge in [0, 0.05) is 12.7 Å². The van der Waals surface area contributed by atoms with Crippen molar-refractivity contribution in [3.63, 3.8) is 0 Å². The molecule has 0 aromatic carbocycles. The zero-order valence-corrected chi connectivity index (χ0v) is 6.93. The summed E-state index contributed by atoms with van der Waals surface area (Å²) in [5.74, 6) is 0. The third kappa shape index (κ3) is 1.82. The summed E-state index contributed by atoms with van der Waals surface area (Å²) in [6.45, 7) is 3.14. The van der Waals surface area contributed by atoms with Crippen molar-refractivity contribution in [3.8, 4) is 0 Å². The Morgan fingerprint density at radius 1 is 1.78 bits per heavy atom. The summed E-state index contributed by atoms with van der Waals surface area (Å²) in [5.41, 5.74) is 0. The SMILES string of the molecule is CCCn1ccc(Br)n1. The molecule has 1 aromatic heterocycles. The molecule has 9 heavy (non-hydrogen) atoms. The summed E-state index contributed by atoms with van der Waals surface area (Å²) in [6.07, 6.45) is 3.10. The van der Waals surface area contributed by atoms with E-state index in [0.717, 1.165) is 17.6 Å². The van der Waals surface area contributed by atoms with Crippen LogP contribution in [0.5, 0.6) is 0 Å². The molecule has 0 bridgehead atoms. The molecular formula is C6H9BrN2. The van der Waals surface area contributed by atoms with Gasteiger partial charge in [0.25, 0.3) is 0 Å². The van der Waals surface area contributed by atoms with E-state index >= 15 is 0 Å². The molecule has 0 aliphatic rings. The molecule has 0 radical (unpaired) electrons. The van der Waals surface area contributed by atoms with Gasteiger partial charge < -0.3 is 0 Å². The van der Waals surface area contributed by atoms with Gasteiger partial charge in [-0.3, -0.25) is 4.68 Å². The van der Waals surface area contributed by atoms with Crippen LogP contribution in [0.25, 0.3) is 0 Å². The lowest BCUT2D eigenvalue weighted by Gasteiger charge is -1.93. The predicted molar refractivity (Wildman–Crippen MR) is 40.2 cm³/mol. The fraction of sp³-hybridized carbons (Fsp3) is 0.500. The van der Waals surface area contributed by atoms with Crippen molar-refractivity contribution in [2.24, 2.45) is 0 Å². The van der Waals surface area contributed by atoms with Gasteiger partial charge in [0.05, 0.1) is 0 Å². The zero-order valence-electron chi connectivity index (χ0n) is 5.34. The van der Waals surface area contributed by atoms with Crippen molar-refractivity contribution in [3.05, 3.63) is 16.9 Å². The van der Waals surface area contributed by atoms with E-state index < -0.39 is 0 Å². The fourth-order valence-corrected chi connectivity index (χ4v) is 1.01. The first-order chi connectivity index (χ1) is 4.33. The minimum atomic E-state index is 0.913. The minimum Gasteiger partial charge on any atom is -0.272 e.